The molecule has 1 fully saturated rings. The third kappa shape index (κ3) is 2.79. The van der Waals surface area contributed by atoms with Gasteiger partial charge in [0.2, 0.25) is 10.0 Å². The van der Waals surface area contributed by atoms with E-state index in [1.807, 2.05) is 24.3 Å². The van der Waals surface area contributed by atoms with Gasteiger partial charge in [0.1, 0.15) is 5.01 Å². The van der Waals surface area contributed by atoms with Crippen LogP contribution in [0.1, 0.15) is 23.9 Å². The average molecular weight is 423 g/mol. The minimum Gasteiger partial charge on any atom is -0.239 e. The zero-order valence-electron chi connectivity index (χ0n) is 12.7. The van der Waals surface area contributed by atoms with E-state index in [0.29, 0.717) is 11.4 Å². The Labute approximate surface area is 153 Å². The number of aromatic nitrogens is 1. The molecule has 0 saturated carbocycles. The molecule has 1 aliphatic rings. The molecule has 1 saturated heterocycles. The van der Waals surface area contributed by atoms with Gasteiger partial charge in [-0.15, -0.1) is 11.3 Å². The number of nitrogens with zero attached hydrogens (tertiary/aromatic N) is 2. The second-order valence-electron chi connectivity index (χ2n) is 5.75. The molecule has 1 atom stereocenters. The molecule has 2 aromatic carbocycles. The summed E-state index contributed by atoms with van der Waals surface area (Å²) in [5.74, 6) is 0. The fourth-order valence-electron chi connectivity index (χ4n) is 3.05. The van der Waals surface area contributed by atoms with Gasteiger partial charge in [-0.1, -0.05) is 28.1 Å². The van der Waals surface area contributed by atoms with Crippen LogP contribution < -0.4 is 0 Å². The summed E-state index contributed by atoms with van der Waals surface area (Å²) in [6.45, 7) is 0.541. The first-order chi connectivity index (χ1) is 11.6. The monoisotopic (exact) mass is 422 g/mol. The molecule has 4 nitrogen and oxygen atoms in total. The summed E-state index contributed by atoms with van der Waals surface area (Å²) in [5.41, 5.74) is 0.936. The van der Waals surface area contributed by atoms with Gasteiger partial charge in [0, 0.05) is 11.0 Å². The molecular formula is C17H15BrN2O2S2. The van der Waals surface area contributed by atoms with Crippen LogP contribution >= 0.6 is 27.3 Å². The van der Waals surface area contributed by atoms with Gasteiger partial charge in [-0.25, -0.2) is 13.4 Å². The van der Waals surface area contributed by atoms with Crippen LogP contribution in [-0.2, 0) is 10.0 Å². The van der Waals surface area contributed by atoms with Crippen molar-refractivity contribution >= 4 is 47.5 Å². The van der Waals surface area contributed by atoms with Crippen LogP contribution in [0.4, 0.5) is 0 Å². The van der Waals surface area contributed by atoms with Gasteiger partial charge in [0.15, 0.2) is 0 Å². The normalized spacial score (nSPS) is 19.1. The summed E-state index contributed by atoms with van der Waals surface area (Å²) in [5, 5.41) is 0.884. The Morgan fingerprint density at radius 2 is 1.88 bits per heavy atom. The second-order valence-corrected chi connectivity index (χ2v) is 9.62. The van der Waals surface area contributed by atoms with Crippen LogP contribution in [0.15, 0.2) is 57.9 Å². The average Bonchev–Trinajstić information content (AvgIpc) is 3.22. The van der Waals surface area contributed by atoms with Crippen LogP contribution in [0.2, 0.25) is 0 Å². The number of halogens is 1. The Morgan fingerprint density at radius 3 is 2.62 bits per heavy atom. The summed E-state index contributed by atoms with van der Waals surface area (Å²) < 4.78 is 29.6. The molecule has 0 spiro atoms. The molecule has 3 aromatic rings. The molecule has 2 heterocycles. The molecule has 0 N–H and O–H groups in total. The predicted molar refractivity (Wildman–Crippen MR) is 99.6 cm³/mol. The van der Waals surface area contributed by atoms with Crippen LogP contribution in [0, 0.1) is 0 Å². The van der Waals surface area contributed by atoms with Crippen molar-refractivity contribution in [3.05, 3.63) is 58.0 Å². The minimum atomic E-state index is -3.51. The van der Waals surface area contributed by atoms with Crippen molar-refractivity contribution in [1.82, 2.24) is 9.29 Å². The van der Waals surface area contributed by atoms with E-state index in [9.17, 15) is 8.42 Å². The summed E-state index contributed by atoms with van der Waals surface area (Å²) in [6.07, 6.45) is 1.67. The lowest BCUT2D eigenvalue weighted by Gasteiger charge is -2.22. The van der Waals surface area contributed by atoms with Crippen molar-refractivity contribution in [2.45, 2.75) is 23.8 Å². The van der Waals surface area contributed by atoms with E-state index in [4.69, 9.17) is 0 Å². The lowest BCUT2D eigenvalue weighted by Crippen LogP contribution is -2.30. The molecule has 4 rings (SSSR count). The van der Waals surface area contributed by atoms with Crippen molar-refractivity contribution in [1.29, 1.82) is 0 Å². The van der Waals surface area contributed by atoms with E-state index in [0.717, 1.165) is 32.5 Å². The van der Waals surface area contributed by atoms with E-state index in [1.165, 1.54) is 0 Å². The Balaban J connectivity index is 1.73. The molecule has 1 aromatic heterocycles. The lowest BCUT2D eigenvalue weighted by atomic mass is 10.2. The van der Waals surface area contributed by atoms with E-state index in [-0.39, 0.29) is 6.04 Å². The van der Waals surface area contributed by atoms with E-state index in [2.05, 4.69) is 20.9 Å². The Morgan fingerprint density at radius 1 is 1.12 bits per heavy atom. The largest absolute Gasteiger partial charge is 0.243 e. The highest BCUT2D eigenvalue weighted by Gasteiger charge is 2.37. The van der Waals surface area contributed by atoms with Crippen molar-refractivity contribution in [3.8, 4) is 0 Å². The highest BCUT2D eigenvalue weighted by molar-refractivity contribution is 9.10. The summed E-state index contributed by atoms with van der Waals surface area (Å²) in [4.78, 5) is 5.00. The third-order valence-electron chi connectivity index (χ3n) is 4.22. The standard InChI is InChI=1S/C17H15BrN2O2S2/c18-12-7-9-13(10-8-12)24(21,22)20-11-3-5-15(20)17-19-14-4-1-2-6-16(14)23-17/h1-2,4,6-10,15H,3,5,11H2/t15-/m0/s1. The van der Waals surface area contributed by atoms with Gasteiger partial charge < -0.3 is 0 Å². The number of hydrogen-bond donors (Lipinski definition) is 0. The number of fused-ring (bicyclic) bond motifs is 1. The zero-order valence-corrected chi connectivity index (χ0v) is 15.9. The van der Waals surface area contributed by atoms with Crippen LogP contribution in [0.25, 0.3) is 10.2 Å². The molecule has 1 aliphatic heterocycles. The number of rotatable bonds is 3. The van der Waals surface area contributed by atoms with Crippen molar-refractivity contribution in [3.63, 3.8) is 0 Å². The molecule has 0 amide bonds. The van der Waals surface area contributed by atoms with Crippen LogP contribution in [-0.4, -0.2) is 24.3 Å². The minimum absolute atomic E-state index is 0.170. The SMILES string of the molecule is O=S(=O)(c1ccc(Br)cc1)N1CCC[C@H]1c1nc2ccccc2s1. The van der Waals surface area contributed by atoms with Gasteiger partial charge in [-0.3, -0.25) is 0 Å². The maximum atomic E-state index is 13.0. The van der Waals surface area contributed by atoms with Crippen molar-refractivity contribution in [2.75, 3.05) is 6.54 Å². The molecule has 124 valence electrons. The number of hydrogen-bond acceptors (Lipinski definition) is 4. The number of thiazole rings is 1. The highest BCUT2D eigenvalue weighted by atomic mass is 79.9. The number of sulfonamides is 1. The fourth-order valence-corrected chi connectivity index (χ4v) is 6.16. The van der Waals surface area contributed by atoms with Gasteiger partial charge in [-0.05, 0) is 49.2 Å². The van der Waals surface area contributed by atoms with E-state index >= 15 is 0 Å². The first-order valence-corrected chi connectivity index (χ1v) is 10.7. The van der Waals surface area contributed by atoms with E-state index < -0.39 is 10.0 Å². The summed E-state index contributed by atoms with van der Waals surface area (Å²) >= 11 is 4.93. The van der Waals surface area contributed by atoms with Gasteiger partial charge in [0.05, 0.1) is 21.2 Å². The Kier molecular flexibility index (Phi) is 4.20. The molecular weight excluding hydrogens is 408 g/mol. The van der Waals surface area contributed by atoms with Gasteiger partial charge in [0.25, 0.3) is 0 Å². The zero-order chi connectivity index (χ0) is 16.7. The van der Waals surface area contributed by atoms with Crippen molar-refractivity contribution < 1.29 is 8.42 Å². The second kappa shape index (κ2) is 6.22. The molecule has 7 heteroatoms. The molecule has 0 unspecified atom stereocenters. The van der Waals surface area contributed by atoms with Gasteiger partial charge >= 0.3 is 0 Å². The predicted octanol–water partition coefficient (Wildman–Crippen LogP) is 4.58. The quantitative estimate of drug-likeness (QED) is 0.620. The fraction of sp³-hybridized carbons (Fsp3) is 0.235. The molecule has 24 heavy (non-hydrogen) atoms. The molecule has 0 aliphatic carbocycles. The maximum Gasteiger partial charge on any atom is 0.243 e. The first-order valence-electron chi connectivity index (χ1n) is 7.68. The number of benzene rings is 2. The maximum absolute atomic E-state index is 13.0. The van der Waals surface area contributed by atoms with Gasteiger partial charge in [-0.2, -0.15) is 4.31 Å². The Bertz CT molecular complexity index is 950. The van der Waals surface area contributed by atoms with E-state index in [1.54, 1.807) is 39.9 Å². The first kappa shape index (κ1) is 16.2. The smallest absolute Gasteiger partial charge is 0.239 e. The molecule has 0 radical (unpaired) electrons. The topological polar surface area (TPSA) is 50.3 Å². The lowest BCUT2D eigenvalue weighted by molar-refractivity contribution is 0.396. The summed E-state index contributed by atoms with van der Waals surface area (Å²) in [7, 11) is -3.51. The Hall–Kier alpha value is -1.28. The third-order valence-corrected chi connectivity index (χ3v) is 7.81. The highest BCUT2D eigenvalue weighted by Crippen LogP contribution is 2.39. The number of para-hydroxylation sites is 1. The van der Waals surface area contributed by atoms with Crippen molar-refractivity contribution in [2.24, 2.45) is 0 Å². The van der Waals surface area contributed by atoms with Crippen LogP contribution in [0.5, 0.6) is 0 Å². The van der Waals surface area contributed by atoms with Crippen LogP contribution in [0.3, 0.4) is 0 Å². The molecule has 0 bridgehead atoms. The summed E-state index contributed by atoms with van der Waals surface area (Å²) in [6, 6.07) is 14.6.